The lowest BCUT2D eigenvalue weighted by molar-refractivity contribution is -0.325. The monoisotopic (exact) mass is 218 g/mol. The Balaban J connectivity index is 3.65. The van der Waals surface area contributed by atoms with Crippen LogP contribution >= 0.6 is 0 Å². The molecule has 15 heavy (non-hydrogen) atoms. The lowest BCUT2D eigenvalue weighted by Crippen LogP contribution is -2.33. The van der Waals surface area contributed by atoms with Crippen molar-refractivity contribution in [2.45, 2.75) is 71.7 Å². The van der Waals surface area contributed by atoms with Gasteiger partial charge in [0.2, 0.25) is 0 Å². The van der Waals surface area contributed by atoms with Gasteiger partial charge in [0.25, 0.3) is 5.97 Å². The lowest BCUT2D eigenvalue weighted by atomic mass is 9.82. The van der Waals surface area contributed by atoms with E-state index in [0.29, 0.717) is 0 Å². The van der Waals surface area contributed by atoms with Gasteiger partial charge in [0, 0.05) is 6.42 Å². The summed E-state index contributed by atoms with van der Waals surface area (Å²) < 4.78 is 0. The molecule has 0 spiro atoms. The number of unbranched alkanes of at least 4 members (excludes halogenated alkanes) is 4. The first kappa shape index (κ1) is 14.9. The molecule has 0 aliphatic rings. The number of aliphatic hydroxyl groups is 3. The third-order valence-corrected chi connectivity index (χ3v) is 2.67. The zero-order valence-corrected chi connectivity index (χ0v) is 10.3. The Morgan fingerprint density at radius 3 is 1.87 bits per heavy atom. The van der Waals surface area contributed by atoms with Crippen molar-refractivity contribution in [3.63, 3.8) is 0 Å². The quantitative estimate of drug-likeness (QED) is 0.433. The van der Waals surface area contributed by atoms with Gasteiger partial charge in [0.15, 0.2) is 0 Å². The Morgan fingerprint density at radius 1 is 0.867 bits per heavy atom. The van der Waals surface area contributed by atoms with Gasteiger partial charge in [-0.25, -0.2) is 0 Å². The molecule has 92 valence electrons. The highest BCUT2D eigenvalue weighted by molar-refractivity contribution is 4.71. The predicted molar refractivity (Wildman–Crippen MR) is 61.2 cm³/mol. The van der Waals surface area contributed by atoms with Crippen molar-refractivity contribution in [3.8, 4) is 0 Å². The van der Waals surface area contributed by atoms with Crippen molar-refractivity contribution in [2.24, 2.45) is 5.41 Å². The molecule has 0 aliphatic carbocycles. The molecule has 0 aromatic carbocycles. The van der Waals surface area contributed by atoms with Crippen LogP contribution in [0, 0.1) is 5.41 Å². The maximum absolute atomic E-state index is 8.91. The molecule has 3 heteroatoms. The van der Waals surface area contributed by atoms with Gasteiger partial charge in [0.1, 0.15) is 0 Å². The second-order valence-corrected chi connectivity index (χ2v) is 5.28. The minimum atomic E-state index is -2.52. The van der Waals surface area contributed by atoms with Gasteiger partial charge < -0.3 is 15.3 Å². The summed E-state index contributed by atoms with van der Waals surface area (Å²) in [4.78, 5) is 0. The SMILES string of the molecule is CCCCCCCC(C)(C)CC(O)(O)O. The summed E-state index contributed by atoms with van der Waals surface area (Å²) >= 11 is 0. The Hall–Kier alpha value is -0.120. The molecule has 0 saturated carbocycles. The van der Waals surface area contributed by atoms with E-state index < -0.39 is 5.97 Å². The van der Waals surface area contributed by atoms with Crippen LogP contribution in [0.2, 0.25) is 0 Å². The summed E-state index contributed by atoms with van der Waals surface area (Å²) in [6, 6.07) is 0. The van der Waals surface area contributed by atoms with Crippen LogP contribution < -0.4 is 0 Å². The summed E-state index contributed by atoms with van der Waals surface area (Å²) in [5.41, 5.74) is -0.218. The highest BCUT2D eigenvalue weighted by atomic mass is 16.7. The maximum Gasteiger partial charge on any atom is 0.275 e. The van der Waals surface area contributed by atoms with E-state index in [1.165, 1.54) is 25.7 Å². The van der Waals surface area contributed by atoms with E-state index in [1.807, 2.05) is 13.8 Å². The van der Waals surface area contributed by atoms with Gasteiger partial charge >= 0.3 is 0 Å². The highest BCUT2D eigenvalue weighted by Gasteiger charge is 2.29. The second kappa shape index (κ2) is 6.46. The molecule has 0 saturated heterocycles. The Kier molecular flexibility index (Phi) is 6.41. The number of hydrogen-bond donors (Lipinski definition) is 3. The van der Waals surface area contributed by atoms with Gasteiger partial charge in [0.05, 0.1) is 0 Å². The van der Waals surface area contributed by atoms with Crippen LogP contribution in [0.1, 0.15) is 65.7 Å². The van der Waals surface area contributed by atoms with Crippen LogP contribution in [0.15, 0.2) is 0 Å². The molecule has 0 atom stereocenters. The van der Waals surface area contributed by atoms with Crippen molar-refractivity contribution in [3.05, 3.63) is 0 Å². The van der Waals surface area contributed by atoms with Crippen LogP contribution in [-0.2, 0) is 0 Å². The largest absolute Gasteiger partial charge is 0.344 e. The van der Waals surface area contributed by atoms with E-state index >= 15 is 0 Å². The van der Waals surface area contributed by atoms with Gasteiger partial charge in [-0.3, -0.25) is 0 Å². The Labute approximate surface area is 93.1 Å². The van der Waals surface area contributed by atoms with E-state index in [0.717, 1.165) is 12.8 Å². The molecule has 0 amide bonds. The van der Waals surface area contributed by atoms with Crippen LogP contribution in [0.3, 0.4) is 0 Å². The van der Waals surface area contributed by atoms with E-state index in [2.05, 4.69) is 6.92 Å². The van der Waals surface area contributed by atoms with Crippen LogP contribution in [0.25, 0.3) is 0 Å². The topological polar surface area (TPSA) is 60.7 Å². The van der Waals surface area contributed by atoms with E-state index in [-0.39, 0.29) is 11.8 Å². The highest BCUT2D eigenvalue weighted by Crippen LogP contribution is 2.31. The smallest absolute Gasteiger partial charge is 0.275 e. The summed E-state index contributed by atoms with van der Waals surface area (Å²) in [6.45, 7) is 6.08. The Morgan fingerprint density at radius 2 is 1.40 bits per heavy atom. The zero-order valence-electron chi connectivity index (χ0n) is 10.3. The van der Waals surface area contributed by atoms with Gasteiger partial charge in [-0.15, -0.1) is 0 Å². The molecule has 0 aromatic rings. The van der Waals surface area contributed by atoms with Crippen LogP contribution in [-0.4, -0.2) is 21.3 Å². The maximum atomic E-state index is 8.91. The normalized spacial score (nSPS) is 13.2. The standard InChI is InChI=1S/C12H26O3/c1-4-5-6-7-8-9-11(2,3)10-12(13,14)15/h13-15H,4-10H2,1-3H3. The average Bonchev–Trinajstić information content (AvgIpc) is 1.99. The van der Waals surface area contributed by atoms with E-state index in [4.69, 9.17) is 15.3 Å². The van der Waals surface area contributed by atoms with E-state index in [1.54, 1.807) is 0 Å². The van der Waals surface area contributed by atoms with Gasteiger partial charge in [-0.05, 0) is 11.8 Å². The van der Waals surface area contributed by atoms with Gasteiger partial charge in [-0.2, -0.15) is 0 Å². The molecule has 0 fully saturated rings. The summed E-state index contributed by atoms with van der Waals surface area (Å²) in [7, 11) is 0. The van der Waals surface area contributed by atoms with Crippen LogP contribution in [0.4, 0.5) is 0 Å². The molecule has 3 N–H and O–H groups in total. The first-order valence-corrected chi connectivity index (χ1v) is 5.94. The molecule has 0 aliphatic heterocycles. The number of rotatable bonds is 8. The predicted octanol–water partition coefficient (Wildman–Crippen LogP) is 2.39. The average molecular weight is 218 g/mol. The molecule has 0 radical (unpaired) electrons. The molecule has 0 bridgehead atoms. The third kappa shape index (κ3) is 10.2. The van der Waals surface area contributed by atoms with Crippen molar-refractivity contribution in [1.82, 2.24) is 0 Å². The fourth-order valence-corrected chi connectivity index (χ4v) is 1.94. The van der Waals surface area contributed by atoms with Gasteiger partial charge in [-0.1, -0.05) is 52.9 Å². The summed E-state index contributed by atoms with van der Waals surface area (Å²) in [6.07, 6.45) is 6.94. The van der Waals surface area contributed by atoms with E-state index in [9.17, 15) is 0 Å². The minimum Gasteiger partial charge on any atom is -0.344 e. The Bertz CT molecular complexity index is 159. The van der Waals surface area contributed by atoms with Crippen LogP contribution in [0.5, 0.6) is 0 Å². The molecule has 0 unspecified atom stereocenters. The molecule has 0 rings (SSSR count). The third-order valence-electron chi connectivity index (χ3n) is 2.67. The molecule has 0 aromatic heterocycles. The molecular weight excluding hydrogens is 192 g/mol. The number of hydrogen-bond acceptors (Lipinski definition) is 3. The summed E-state index contributed by atoms with van der Waals surface area (Å²) in [5, 5.41) is 26.7. The second-order valence-electron chi connectivity index (χ2n) is 5.28. The lowest BCUT2D eigenvalue weighted by Gasteiger charge is -2.29. The van der Waals surface area contributed by atoms with Crippen molar-refractivity contribution in [2.75, 3.05) is 0 Å². The zero-order chi connectivity index (χ0) is 11.9. The molecule has 3 nitrogen and oxygen atoms in total. The summed E-state index contributed by atoms with van der Waals surface area (Å²) in [5.74, 6) is -2.52. The first-order chi connectivity index (χ1) is 6.77. The fourth-order valence-electron chi connectivity index (χ4n) is 1.94. The molecule has 0 heterocycles. The van der Waals surface area contributed by atoms with Crippen molar-refractivity contribution >= 4 is 0 Å². The minimum absolute atomic E-state index is 0.00772. The fraction of sp³-hybridized carbons (Fsp3) is 1.00. The first-order valence-electron chi connectivity index (χ1n) is 5.94. The van der Waals surface area contributed by atoms with Crippen molar-refractivity contribution < 1.29 is 15.3 Å². The molecular formula is C12H26O3. The van der Waals surface area contributed by atoms with Crippen molar-refractivity contribution in [1.29, 1.82) is 0 Å².